The molecule has 0 saturated carbocycles. The van der Waals surface area contributed by atoms with Gasteiger partial charge in [0.15, 0.2) is 5.17 Å². The maximum Gasteiger partial charge on any atom is 0.283 e. The minimum atomic E-state index is -0.201. The molecule has 0 atom stereocenters. The monoisotopic (exact) mass is 416 g/mol. The van der Waals surface area contributed by atoms with Gasteiger partial charge in [0.25, 0.3) is 5.91 Å². The number of nitrogens with zero attached hydrogens (tertiary/aromatic N) is 2. The molecule has 0 spiro atoms. The molecule has 2 aromatic rings. The second-order valence-electron chi connectivity index (χ2n) is 6.32. The van der Waals surface area contributed by atoms with Crippen LogP contribution in [0.3, 0.4) is 0 Å². The average Bonchev–Trinajstić information content (AvgIpc) is 2.98. The second kappa shape index (κ2) is 8.71. The van der Waals surface area contributed by atoms with E-state index in [1.165, 1.54) is 11.8 Å². The Labute approximate surface area is 174 Å². The number of carbonyl (C=O) groups is 1. The van der Waals surface area contributed by atoms with Crippen molar-refractivity contribution >= 4 is 46.2 Å². The third kappa shape index (κ3) is 4.34. The summed E-state index contributed by atoms with van der Waals surface area (Å²) in [6, 6.07) is 12.8. The highest BCUT2D eigenvalue weighted by molar-refractivity contribution is 8.13. The van der Waals surface area contributed by atoms with Crippen LogP contribution in [-0.4, -0.2) is 30.5 Å². The van der Waals surface area contributed by atoms with Crippen LogP contribution < -0.4 is 14.4 Å². The van der Waals surface area contributed by atoms with Crippen molar-refractivity contribution in [2.24, 2.45) is 4.99 Å². The number of benzene rings is 2. The minimum absolute atomic E-state index is 0.110. The van der Waals surface area contributed by atoms with Gasteiger partial charge >= 0.3 is 0 Å². The average molecular weight is 417 g/mol. The summed E-state index contributed by atoms with van der Waals surface area (Å²) in [6.45, 7) is 3.96. The fourth-order valence-corrected chi connectivity index (χ4v) is 3.54. The Morgan fingerprint density at radius 2 is 1.89 bits per heavy atom. The molecule has 0 bridgehead atoms. The number of carbonyl (C=O) groups excluding carboxylic acids is 1. The van der Waals surface area contributed by atoms with Gasteiger partial charge in [-0.3, -0.25) is 9.69 Å². The van der Waals surface area contributed by atoms with E-state index in [0.717, 1.165) is 11.3 Å². The SMILES string of the molecule is COc1ccc(N2C(=O)/C(=C\c3ccc(OC(C)C)cc3)N=C2SC)cc1Cl. The molecular formula is C21H21ClN2O3S. The summed E-state index contributed by atoms with van der Waals surface area (Å²) in [4.78, 5) is 19.0. The van der Waals surface area contributed by atoms with Crippen LogP contribution >= 0.6 is 23.4 Å². The first-order valence-electron chi connectivity index (χ1n) is 8.72. The molecule has 0 N–H and O–H groups in total. The van der Waals surface area contributed by atoms with Crippen molar-refractivity contribution in [2.75, 3.05) is 18.3 Å². The zero-order chi connectivity index (χ0) is 20.3. The normalized spacial score (nSPS) is 15.4. The Morgan fingerprint density at radius 1 is 1.18 bits per heavy atom. The summed E-state index contributed by atoms with van der Waals surface area (Å²) >= 11 is 7.63. The highest BCUT2D eigenvalue weighted by atomic mass is 35.5. The lowest BCUT2D eigenvalue weighted by atomic mass is 10.2. The standard InChI is InChI=1S/C21H21ClN2O3S/c1-13(2)27-16-8-5-14(6-9-16)11-18-20(25)24(21(23-18)28-4)15-7-10-19(26-3)17(22)12-15/h5-13H,1-4H3/b18-11+. The van der Waals surface area contributed by atoms with Crippen LogP contribution in [0.1, 0.15) is 19.4 Å². The zero-order valence-corrected chi connectivity index (χ0v) is 17.7. The van der Waals surface area contributed by atoms with Gasteiger partial charge in [0.05, 0.1) is 23.9 Å². The predicted octanol–water partition coefficient (Wildman–Crippen LogP) is 5.24. The highest BCUT2D eigenvalue weighted by Gasteiger charge is 2.31. The Kier molecular flexibility index (Phi) is 6.31. The molecule has 7 heteroatoms. The van der Waals surface area contributed by atoms with E-state index in [1.54, 1.807) is 36.3 Å². The van der Waals surface area contributed by atoms with E-state index in [2.05, 4.69) is 4.99 Å². The van der Waals surface area contributed by atoms with E-state index in [0.29, 0.717) is 27.3 Å². The van der Waals surface area contributed by atoms with Crippen LogP contribution in [0.2, 0.25) is 5.02 Å². The molecule has 1 aliphatic rings. The maximum absolute atomic E-state index is 13.0. The Hall–Kier alpha value is -2.44. The smallest absolute Gasteiger partial charge is 0.283 e. The molecule has 2 aromatic carbocycles. The quantitative estimate of drug-likeness (QED) is 0.625. The van der Waals surface area contributed by atoms with Crippen molar-refractivity contribution in [2.45, 2.75) is 20.0 Å². The van der Waals surface area contributed by atoms with Gasteiger partial charge in [0.2, 0.25) is 0 Å². The largest absolute Gasteiger partial charge is 0.495 e. The number of thioether (sulfide) groups is 1. The zero-order valence-electron chi connectivity index (χ0n) is 16.1. The maximum atomic E-state index is 13.0. The van der Waals surface area contributed by atoms with Gasteiger partial charge in [-0.15, -0.1) is 0 Å². The fourth-order valence-electron chi connectivity index (χ4n) is 2.73. The topological polar surface area (TPSA) is 51.1 Å². The van der Waals surface area contributed by atoms with Gasteiger partial charge in [-0.2, -0.15) is 0 Å². The van der Waals surface area contributed by atoms with E-state index < -0.39 is 0 Å². The number of amidine groups is 1. The molecule has 0 fully saturated rings. The number of hydrogen-bond donors (Lipinski definition) is 0. The lowest BCUT2D eigenvalue weighted by Crippen LogP contribution is -2.30. The molecule has 1 heterocycles. The van der Waals surface area contributed by atoms with E-state index in [9.17, 15) is 4.79 Å². The van der Waals surface area contributed by atoms with Crippen molar-refractivity contribution in [3.05, 3.63) is 58.7 Å². The van der Waals surface area contributed by atoms with Crippen molar-refractivity contribution in [1.82, 2.24) is 0 Å². The molecule has 0 saturated heterocycles. The number of hydrogen-bond acceptors (Lipinski definition) is 5. The third-order valence-electron chi connectivity index (χ3n) is 3.96. The number of amides is 1. The predicted molar refractivity (Wildman–Crippen MR) is 117 cm³/mol. The Morgan fingerprint density at radius 3 is 2.46 bits per heavy atom. The number of ether oxygens (including phenoxy) is 2. The van der Waals surface area contributed by atoms with Crippen molar-refractivity contribution < 1.29 is 14.3 Å². The van der Waals surface area contributed by atoms with Crippen molar-refractivity contribution in [3.63, 3.8) is 0 Å². The number of halogens is 1. The summed E-state index contributed by atoms with van der Waals surface area (Å²) < 4.78 is 10.8. The van der Waals surface area contributed by atoms with Gasteiger partial charge in [0, 0.05) is 0 Å². The van der Waals surface area contributed by atoms with Crippen LogP contribution in [-0.2, 0) is 4.79 Å². The molecule has 28 heavy (non-hydrogen) atoms. The first-order valence-corrected chi connectivity index (χ1v) is 10.3. The van der Waals surface area contributed by atoms with Crippen LogP contribution in [0.5, 0.6) is 11.5 Å². The second-order valence-corrected chi connectivity index (χ2v) is 7.50. The summed E-state index contributed by atoms with van der Waals surface area (Å²) in [5.41, 5.74) is 1.89. The van der Waals surface area contributed by atoms with E-state index in [-0.39, 0.29) is 12.0 Å². The number of rotatable bonds is 5. The lowest BCUT2D eigenvalue weighted by molar-refractivity contribution is -0.113. The van der Waals surface area contributed by atoms with Crippen LogP contribution in [0.25, 0.3) is 6.08 Å². The molecule has 146 valence electrons. The van der Waals surface area contributed by atoms with E-state index >= 15 is 0 Å². The minimum Gasteiger partial charge on any atom is -0.495 e. The van der Waals surface area contributed by atoms with Crippen LogP contribution in [0.4, 0.5) is 5.69 Å². The molecule has 0 unspecified atom stereocenters. The summed E-state index contributed by atoms with van der Waals surface area (Å²) in [5, 5.41) is 1.03. The van der Waals surface area contributed by atoms with Crippen molar-refractivity contribution in [1.29, 1.82) is 0 Å². The fraction of sp³-hybridized carbons (Fsp3) is 0.238. The summed E-state index contributed by atoms with van der Waals surface area (Å²) in [7, 11) is 1.55. The molecule has 0 aliphatic carbocycles. The van der Waals surface area contributed by atoms with Crippen molar-refractivity contribution in [3.8, 4) is 11.5 Å². The number of aliphatic imine (C=N–C) groups is 1. The summed E-state index contributed by atoms with van der Waals surface area (Å²) in [6.07, 6.45) is 3.76. The van der Waals surface area contributed by atoms with Crippen LogP contribution in [0.15, 0.2) is 53.2 Å². The first kappa shape index (κ1) is 20.3. The molecule has 1 amide bonds. The van der Waals surface area contributed by atoms with Gasteiger partial charge in [-0.05, 0) is 62.1 Å². The van der Waals surface area contributed by atoms with Gasteiger partial charge in [-0.25, -0.2) is 4.99 Å². The van der Waals surface area contributed by atoms with Crippen LogP contribution in [0, 0.1) is 0 Å². The Balaban J connectivity index is 1.88. The molecule has 0 aromatic heterocycles. The Bertz CT molecular complexity index is 939. The highest BCUT2D eigenvalue weighted by Crippen LogP contribution is 2.34. The van der Waals surface area contributed by atoms with E-state index in [1.807, 2.05) is 44.4 Å². The summed E-state index contributed by atoms with van der Waals surface area (Å²) in [5.74, 6) is 1.14. The van der Waals surface area contributed by atoms with Gasteiger partial charge in [-0.1, -0.05) is 35.5 Å². The lowest BCUT2D eigenvalue weighted by Gasteiger charge is -2.17. The van der Waals surface area contributed by atoms with Gasteiger partial charge < -0.3 is 9.47 Å². The molecule has 1 aliphatic heterocycles. The molecular weight excluding hydrogens is 396 g/mol. The molecule has 0 radical (unpaired) electrons. The first-order chi connectivity index (χ1) is 13.4. The van der Waals surface area contributed by atoms with E-state index in [4.69, 9.17) is 21.1 Å². The van der Waals surface area contributed by atoms with Gasteiger partial charge in [0.1, 0.15) is 17.2 Å². The number of methoxy groups -OCH3 is 1. The molecule has 5 nitrogen and oxygen atoms in total. The number of anilines is 1. The third-order valence-corrected chi connectivity index (χ3v) is 4.90. The molecule has 3 rings (SSSR count).